The van der Waals surface area contributed by atoms with Gasteiger partial charge in [-0.05, 0) is 31.2 Å². The van der Waals surface area contributed by atoms with Crippen molar-refractivity contribution in [3.8, 4) is 0 Å². The molecule has 0 aliphatic rings. The topological polar surface area (TPSA) is 38.1 Å². The van der Waals surface area contributed by atoms with E-state index >= 15 is 0 Å². The molecule has 0 saturated carbocycles. The molecule has 0 spiro atoms. The fourth-order valence-corrected chi connectivity index (χ4v) is 2.46. The first-order chi connectivity index (χ1) is 10.4. The number of hydrogen-bond acceptors (Lipinski definition) is 3. The highest BCUT2D eigenvalue weighted by Crippen LogP contribution is 2.17. The number of fused-ring (bicyclic) bond motifs is 1. The average molecular weight is 280 g/mol. The van der Waals surface area contributed by atoms with Gasteiger partial charge in [-0.1, -0.05) is 31.2 Å². The number of aromatic nitrogens is 1. The fraction of sp³-hybridized carbons (Fsp3) is 0.278. The summed E-state index contributed by atoms with van der Waals surface area (Å²) in [7, 11) is 0. The lowest BCUT2D eigenvalue weighted by molar-refractivity contribution is 0.479. The molecule has 0 fully saturated rings. The van der Waals surface area contributed by atoms with Crippen LogP contribution in [0.4, 0.5) is 0 Å². The van der Waals surface area contributed by atoms with Crippen LogP contribution in [-0.4, -0.2) is 11.5 Å². The van der Waals surface area contributed by atoms with Crippen LogP contribution in [-0.2, 0) is 13.0 Å². The van der Waals surface area contributed by atoms with E-state index in [1.807, 2.05) is 18.2 Å². The number of hydrogen-bond donors (Lipinski definition) is 1. The summed E-state index contributed by atoms with van der Waals surface area (Å²) >= 11 is 0. The number of nitrogens with one attached hydrogen (secondary N) is 1. The Morgan fingerprint density at radius 1 is 1.10 bits per heavy atom. The van der Waals surface area contributed by atoms with Gasteiger partial charge >= 0.3 is 0 Å². The van der Waals surface area contributed by atoms with Crippen molar-refractivity contribution < 1.29 is 4.42 Å². The normalized spacial score (nSPS) is 11.1. The summed E-state index contributed by atoms with van der Waals surface area (Å²) in [6.07, 6.45) is 3.70. The van der Waals surface area contributed by atoms with Gasteiger partial charge in [-0.15, -0.1) is 0 Å². The Balaban J connectivity index is 1.77. The third kappa shape index (κ3) is 3.31. The lowest BCUT2D eigenvalue weighted by atomic mass is 10.1. The Bertz CT molecular complexity index is 718. The molecule has 3 aromatic rings. The van der Waals surface area contributed by atoms with E-state index in [-0.39, 0.29) is 0 Å². The van der Waals surface area contributed by atoms with Crippen LogP contribution in [0.2, 0.25) is 0 Å². The van der Waals surface area contributed by atoms with Gasteiger partial charge in [0.25, 0.3) is 0 Å². The van der Waals surface area contributed by atoms with Gasteiger partial charge in [-0.25, -0.2) is 0 Å². The van der Waals surface area contributed by atoms with Crippen LogP contribution in [0.5, 0.6) is 0 Å². The summed E-state index contributed by atoms with van der Waals surface area (Å²) in [6, 6.07) is 14.5. The third-order valence-corrected chi connectivity index (χ3v) is 3.58. The van der Waals surface area contributed by atoms with E-state index in [0.717, 1.165) is 42.9 Å². The molecule has 3 nitrogen and oxygen atoms in total. The molecule has 2 heterocycles. The van der Waals surface area contributed by atoms with Crippen molar-refractivity contribution in [3.05, 3.63) is 65.7 Å². The molecule has 1 aromatic carbocycles. The molecule has 0 unspecified atom stereocenters. The fourth-order valence-electron chi connectivity index (χ4n) is 2.46. The molecule has 0 amide bonds. The van der Waals surface area contributed by atoms with Gasteiger partial charge in [0, 0.05) is 23.1 Å². The van der Waals surface area contributed by atoms with E-state index in [2.05, 4.69) is 36.5 Å². The summed E-state index contributed by atoms with van der Waals surface area (Å²) in [5.41, 5.74) is 3.33. The van der Waals surface area contributed by atoms with Crippen molar-refractivity contribution in [2.24, 2.45) is 0 Å². The Hall–Kier alpha value is -2.13. The molecule has 0 aliphatic heterocycles. The van der Waals surface area contributed by atoms with E-state index < -0.39 is 0 Å². The van der Waals surface area contributed by atoms with Gasteiger partial charge in [0.2, 0.25) is 0 Å². The zero-order chi connectivity index (χ0) is 14.5. The minimum atomic E-state index is 0.782. The van der Waals surface area contributed by atoms with Gasteiger partial charge in [-0.3, -0.25) is 4.98 Å². The monoisotopic (exact) mass is 280 g/mol. The summed E-state index contributed by atoms with van der Waals surface area (Å²) < 4.78 is 5.58. The highest BCUT2D eigenvalue weighted by molar-refractivity contribution is 5.78. The van der Waals surface area contributed by atoms with E-state index in [0.29, 0.717) is 0 Å². The first-order valence-corrected chi connectivity index (χ1v) is 7.47. The first-order valence-electron chi connectivity index (χ1n) is 7.47. The largest absolute Gasteiger partial charge is 0.468 e. The Morgan fingerprint density at radius 3 is 2.90 bits per heavy atom. The molecular formula is C18H20N2O. The van der Waals surface area contributed by atoms with Crippen LogP contribution in [0.15, 0.2) is 53.1 Å². The van der Waals surface area contributed by atoms with Crippen LogP contribution in [0.1, 0.15) is 30.4 Å². The number of furan rings is 1. The molecule has 21 heavy (non-hydrogen) atoms. The highest BCUT2D eigenvalue weighted by Gasteiger charge is 2.08. The molecule has 0 bridgehead atoms. The van der Waals surface area contributed by atoms with Gasteiger partial charge in [0.1, 0.15) is 5.76 Å². The number of para-hydroxylation sites is 1. The molecule has 0 radical (unpaired) electrons. The number of pyridine rings is 1. The Morgan fingerprint density at radius 2 is 2.00 bits per heavy atom. The zero-order valence-corrected chi connectivity index (χ0v) is 12.3. The summed E-state index contributed by atoms with van der Waals surface area (Å²) in [5.74, 6) is 1.01. The molecule has 3 heteroatoms. The van der Waals surface area contributed by atoms with Crippen molar-refractivity contribution in [1.29, 1.82) is 0 Å². The SMILES string of the molecule is CCCNCc1occc1Cc1ccc2ccccc2n1. The number of nitrogens with zero attached hydrogens (tertiary/aromatic N) is 1. The van der Waals surface area contributed by atoms with Gasteiger partial charge < -0.3 is 9.73 Å². The standard InChI is InChI=1S/C18H20N2O/c1-2-10-19-13-18-15(9-11-21-18)12-16-8-7-14-5-3-4-6-17(14)20-16/h3-9,11,19H,2,10,12-13H2,1H3. The molecule has 0 atom stereocenters. The maximum Gasteiger partial charge on any atom is 0.121 e. The average Bonchev–Trinajstić information content (AvgIpc) is 2.95. The van der Waals surface area contributed by atoms with Crippen molar-refractivity contribution >= 4 is 10.9 Å². The lowest BCUT2D eigenvalue weighted by Crippen LogP contribution is -2.14. The zero-order valence-electron chi connectivity index (χ0n) is 12.3. The minimum absolute atomic E-state index is 0.782. The summed E-state index contributed by atoms with van der Waals surface area (Å²) in [6.45, 7) is 3.95. The lowest BCUT2D eigenvalue weighted by Gasteiger charge is -2.05. The highest BCUT2D eigenvalue weighted by atomic mass is 16.3. The van der Waals surface area contributed by atoms with Crippen LogP contribution in [0.3, 0.4) is 0 Å². The van der Waals surface area contributed by atoms with Gasteiger partial charge in [0.15, 0.2) is 0 Å². The Kier molecular flexibility index (Phi) is 4.31. The van der Waals surface area contributed by atoms with Crippen LogP contribution in [0.25, 0.3) is 10.9 Å². The number of benzene rings is 1. The van der Waals surface area contributed by atoms with E-state index in [4.69, 9.17) is 9.40 Å². The predicted molar refractivity (Wildman–Crippen MR) is 85.3 cm³/mol. The third-order valence-electron chi connectivity index (χ3n) is 3.58. The molecule has 0 saturated heterocycles. The second kappa shape index (κ2) is 6.55. The maximum atomic E-state index is 5.58. The first kappa shape index (κ1) is 13.8. The van der Waals surface area contributed by atoms with Crippen molar-refractivity contribution in [3.63, 3.8) is 0 Å². The molecule has 1 N–H and O–H groups in total. The van der Waals surface area contributed by atoms with E-state index in [1.54, 1.807) is 6.26 Å². The molecule has 108 valence electrons. The van der Waals surface area contributed by atoms with Crippen molar-refractivity contribution in [2.75, 3.05) is 6.54 Å². The van der Waals surface area contributed by atoms with Crippen LogP contribution < -0.4 is 5.32 Å². The summed E-state index contributed by atoms with van der Waals surface area (Å²) in [5, 5.41) is 4.56. The predicted octanol–water partition coefficient (Wildman–Crippen LogP) is 3.92. The molecule has 2 aromatic heterocycles. The van der Waals surface area contributed by atoms with Crippen LogP contribution in [0, 0.1) is 0 Å². The quantitative estimate of drug-likeness (QED) is 0.695. The van der Waals surface area contributed by atoms with Gasteiger partial charge in [-0.2, -0.15) is 0 Å². The minimum Gasteiger partial charge on any atom is -0.468 e. The van der Waals surface area contributed by atoms with Crippen LogP contribution >= 0.6 is 0 Å². The molecular weight excluding hydrogens is 260 g/mol. The van der Waals surface area contributed by atoms with Crippen molar-refractivity contribution in [1.82, 2.24) is 10.3 Å². The second-order valence-electron chi connectivity index (χ2n) is 5.22. The second-order valence-corrected chi connectivity index (χ2v) is 5.22. The molecule has 0 aliphatic carbocycles. The Labute approximate surface area is 125 Å². The van der Waals surface area contributed by atoms with E-state index in [1.165, 1.54) is 10.9 Å². The van der Waals surface area contributed by atoms with Crippen molar-refractivity contribution in [2.45, 2.75) is 26.3 Å². The maximum absolute atomic E-state index is 5.58. The summed E-state index contributed by atoms with van der Waals surface area (Å²) in [4.78, 5) is 4.73. The molecule has 3 rings (SSSR count). The van der Waals surface area contributed by atoms with Gasteiger partial charge in [0.05, 0.1) is 18.3 Å². The number of rotatable bonds is 6. The van der Waals surface area contributed by atoms with E-state index in [9.17, 15) is 0 Å². The smallest absolute Gasteiger partial charge is 0.121 e.